The summed E-state index contributed by atoms with van der Waals surface area (Å²) in [5.74, 6) is -1.11. The smallest absolute Gasteiger partial charge is 0.323 e. The molecular formula is C14H26O5S. The largest absolute Gasteiger partial charge is 0.465 e. The Balaban J connectivity index is 3.92. The zero-order valence-electron chi connectivity index (χ0n) is 12.8. The van der Waals surface area contributed by atoms with Crippen LogP contribution in [0.3, 0.4) is 0 Å². The van der Waals surface area contributed by atoms with Crippen LogP contribution in [0.1, 0.15) is 47.0 Å². The normalized spacial score (nSPS) is 12.8. The molecule has 0 fully saturated rings. The maximum absolute atomic E-state index is 11.5. The second-order valence-electron chi connectivity index (χ2n) is 5.08. The van der Waals surface area contributed by atoms with Gasteiger partial charge in [0, 0.05) is 0 Å². The van der Waals surface area contributed by atoms with E-state index in [9.17, 15) is 13.2 Å². The maximum atomic E-state index is 11.5. The van der Waals surface area contributed by atoms with E-state index in [-0.39, 0.29) is 13.2 Å². The first kappa shape index (κ1) is 19.1. The van der Waals surface area contributed by atoms with Crippen LogP contribution in [0.5, 0.6) is 0 Å². The van der Waals surface area contributed by atoms with Crippen LogP contribution >= 0.6 is 0 Å². The second-order valence-corrected chi connectivity index (χ2v) is 6.72. The van der Waals surface area contributed by atoms with Gasteiger partial charge in [-0.1, -0.05) is 18.6 Å². The summed E-state index contributed by atoms with van der Waals surface area (Å²) in [7, 11) is -3.82. The monoisotopic (exact) mass is 306 g/mol. The highest BCUT2D eigenvalue weighted by Gasteiger charge is 2.18. The van der Waals surface area contributed by atoms with E-state index >= 15 is 0 Å². The zero-order chi connectivity index (χ0) is 15.6. The fourth-order valence-electron chi connectivity index (χ4n) is 1.57. The first-order valence-electron chi connectivity index (χ1n) is 6.93. The molecule has 1 atom stereocenters. The Labute approximate surface area is 122 Å². The van der Waals surface area contributed by atoms with Crippen LogP contribution in [0.4, 0.5) is 0 Å². The molecule has 5 nitrogen and oxygen atoms in total. The maximum Gasteiger partial charge on any atom is 0.323 e. The van der Waals surface area contributed by atoms with E-state index in [1.165, 1.54) is 5.57 Å². The number of carbonyl (C=O) groups excluding carboxylic acids is 1. The Morgan fingerprint density at radius 2 is 1.90 bits per heavy atom. The van der Waals surface area contributed by atoms with Crippen molar-refractivity contribution in [2.24, 2.45) is 5.92 Å². The Morgan fingerprint density at radius 3 is 2.45 bits per heavy atom. The average molecular weight is 306 g/mol. The van der Waals surface area contributed by atoms with Crippen molar-refractivity contribution in [3.05, 3.63) is 11.6 Å². The lowest BCUT2D eigenvalue weighted by molar-refractivity contribution is -0.140. The fourth-order valence-corrected chi connectivity index (χ4v) is 2.37. The van der Waals surface area contributed by atoms with E-state index in [0.717, 1.165) is 12.8 Å². The van der Waals surface area contributed by atoms with E-state index in [2.05, 4.69) is 31.6 Å². The molecule has 0 unspecified atom stereocenters. The minimum absolute atomic E-state index is 0.109. The van der Waals surface area contributed by atoms with E-state index in [1.54, 1.807) is 6.92 Å². The van der Waals surface area contributed by atoms with E-state index < -0.39 is 21.8 Å². The van der Waals surface area contributed by atoms with Gasteiger partial charge in [-0.05, 0) is 46.0 Å². The molecule has 0 radical (unpaired) electrons. The molecule has 0 heterocycles. The summed E-state index contributed by atoms with van der Waals surface area (Å²) in [5, 5.41) is 0. The lowest BCUT2D eigenvalue weighted by atomic mass is 10.0. The van der Waals surface area contributed by atoms with Crippen molar-refractivity contribution in [2.45, 2.75) is 47.0 Å². The zero-order valence-corrected chi connectivity index (χ0v) is 13.7. The van der Waals surface area contributed by atoms with Crippen molar-refractivity contribution >= 4 is 16.1 Å². The summed E-state index contributed by atoms with van der Waals surface area (Å²) in [6, 6.07) is 0. The van der Waals surface area contributed by atoms with Gasteiger partial charge in [-0.15, -0.1) is 0 Å². The van der Waals surface area contributed by atoms with Crippen LogP contribution in [-0.2, 0) is 23.8 Å². The molecule has 118 valence electrons. The minimum Gasteiger partial charge on any atom is -0.465 e. The van der Waals surface area contributed by atoms with Crippen molar-refractivity contribution in [3.8, 4) is 0 Å². The number of carbonyl (C=O) groups is 1. The lowest BCUT2D eigenvalue weighted by Crippen LogP contribution is -2.21. The van der Waals surface area contributed by atoms with Crippen molar-refractivity contribution in [1.82, 2.24) is 0 Å². The molecule has 0 amide bonds. The molecule has 6 heteroatoms. The summed E-state index contributed by atoms with van der Waals surface area (Å²) >= 11 is 0. The first-order valence-corrected chi connectivity index (χ1v) is 8.50. The average Bonchev–Trinajstić information content (AvgIpc) is 2.27. The van der Waals surface area contributed by atoms with Gasteiger partial charge in [0.15, 0.2) is 5.75 Å². The molecule has 0 aliphatic carbocycles. The van der Waals surface area contributed by atoms with E-state index in [0.29, 0.717) is 12.3 Å². The van der Waals surface area contributed by atoms with Crippen molar-refractivity contribution in [3.63, 3.8) is 0 Å². The third kappa shape index (κ3) is 11.0. The molecule has 0 aromatic heterocycles. The third-order valence-electron chi connectivity index (χ3n) is 2.69. The molecule has 20 heavy (non-hydrogen) atoms. The van der Waals surface area contributed by atoms with Crippen LogP contribution < -0.4 is 0 Å². The fraction of sp³-hybridized carbons (Fsp3) is 0.786. The van der Waals surface area contributed by atoms with Gasteiger partial charge in [0.25, 0.3) is 10.1 Å². The molecule has 0 aliphatic heterocycles. The van der Waals surface area contributed by atoms with E-state index in [1.807, 2.05) is 0 Å². The Bertz CT molecular complexity index is 407. The van der Waals surface area contributed by atoms with Gasteiger partial charge in [0.1, 0.15) is 0 Å². The second kappa shape index (κ2) is 9.94. The Hall–Kier alpha value is -0.880. The van der Waals surface area contributed by atoms with Gasteiger partial charge in [-0.2, -0.15) is 8.42 Å². The molecule has 0 rings (SSSR count). The number of esters is 1. The first-order chi connectivity index (χ1) is 9.26. The summed E-state index contributed by atoms with van der Waals surface area (Å²) in [6.07, 6.45) is 4.79. The van der Waals surface area contributed by atoms with Crippen molar-refractivity contribution in [1.29, 1.82) is 0 Å². The number of hydrogen-bond donors (Lipinski definition) is 0. The summed E-state index contributed by atoms with van der Waals surface area (Å²) < 4.78 is 32.3. The molecule has 0 saturated heterocycles. The quantitative estimate of drug-likeness (QED) is 0.352. The molecule has 0 spiro atoms. The van der Waals surface area contributed by atoms with Crippen LogP contribution in [0.2, 0.25) is 0 Å². The van der Waals surface area contributed by atoms with Gasteiger partial charge >= 0.3 is 5.97 Å². The minimum atomic E-state index is -3.82. The molecule has 0 aromatic rings. The molecule has 0 N–H and O–H groups in total. The van der Waals surface area contributed by atoms with Crippen LogP contribution in [0, 0.1) is 5.92 Å². The van der Waals surface area contributed by atoms with Gasteiger partial charge in [-0.3, -0.25) is 8.98 Å². The number of ether oxygens (including phenoxy) is 1. The molecule has 0 aromatic carbocycles. The summed E-state index contributed by atoms with van der Waals surface area (Å²) in [4.78, 5) is 11.1. The van der Waals surface area contributed by atoms with Crippen molar-refractivity contribution in [2.75, 3.05) is 19.0 Å². The van der Waals surface area contributed by atoms with Gasteiger partial charge in [0.05, 0.1) is 13.2 Å². The van der Waals surface area contributed by atoms with E-state index in [4.69, 9.17) is 4.18 Å². The number of allylic oxidation sites excluding steroid dienone is 2. The predicted molar refractivity (Wildman–Crippen MR) is 78.8 cm³/mol. The number of rotatable bonds is 10. The lowest BCUT2D eigenvalue weighted by Gasteiger charge is -2.10. The van der Waals surface area contributed by atoms with Crippen LogP contribution in [-0.4, -0.2) is 33.4 Å². The van der Waals surface area contributed by atoms with Crippen LogP contribution in [0.25, 0.3) is 0 Å². The highest BCUT2D eigenvalue weighted by atomic mass is 32.2. The Kier molecular flexibility index (Phi) is 9.50. The van der Waals surface area contributed by atoms with Gasteiger partial charge < -0.3 is 4.74 Å². The molecule has 0 saturated carbocycles. The number of hydrogen-bond acceptors (Lipinski definition) is 5. The topological polar surface area (TPSA) is 69.7 Å². The summed E-state index contributed by atoms with van der Waals surface area (Å²) in [6.45, 7) is 8.05. The molecular weight excluding hydrogens is 280 g/mol. The van der Waals surface area contributed by atoms with Crippen LogP contribution in [0.15, 0.2) is 11.6 Å². The highest BCUT2D eigenvalue weighted by Crippen LogP contribution is 2.12. The van der Waals surface area contributed by atoms with Gasteiger partial charge in [-0.25, -0.2) is 0 Å². The van der Waals surface area contributed by atoms with Gasteiger partial charge in [0.2, 0.25) is 0 Å². The third-order valence-corrected chi connectivity index (χ3v) is 3.80. The summed E-state index contributed by atoms with van der Waals surface area (Å²) in [5.41, 5.74) is 1.28. The molecule has 0 aliphatic rings. The predicted octanol–water partition coefficient (Wildman–Crippen LogP) is 2.67. The Morgan fingerprint density at radius 1 is 1.25 bits per heavy atom. The SMILES string of the molecule is CCOC(=O)CS(=O)(=O)OCC[C@@H](C)CCC=C(C)C. The molecule has 0 bridgehead atoms. The van der Waals surface area contributed by atoms with Crippen molar-refractivity contribution < 1.29 is 22.1 Å². The highest BCUT2D eigenvalue weighted by molar-refractivity contribution is 7.87. The standard InChI is InChI=1S/C14H26O5S/c1-5-18-14(15)11-20(16,17)19-10-9-13(4)8-6-7-12(2)3/h7,13H,5-6,8-11H2,1-4H3/t13-/m0/s1.